The number of carbonyl (C=O) groups excluding carboxylic acids is 1. The summed E-state index contributed by atoms with van der Waals surface area (Å²) in [6.07, 6.45) is 5.71. The fraction of sp³-hybridized carbons (Fsp3) is 0.577. The number of hydrogen-bond acceptors (Lipinski definition) is 5. The zero-order valence-corrected chi connectivity index (χ0v) is 21.9. The van der Waals surface area contributed by atoms with Crippen LogP contribution < -0.4 is 4.72 Å². The fourth-order valence-electron chi connectivity index (χ4n) is 5.91. The standard InChI is InChI=1S/C26H35ClN4O3S/c1-29-13-8-22(9-14-29)30-15-10-23(11-16-30)31-12-2-3-25(26(31)32)28-35(33,34)24-7-5-19-17-21(27)6-4-20(19)18-24/h4-7,17-18,22-23,25,28H,2-3,8-16H2,1H3/t25-/m0/s1. The third kappa shape index (κ3) is 5.52. The highest BCUT2D eigenvalue weighted by Crippen LogP contribution is 2.27. The van der Waals surface area contributed by atoms with Crippen LogP contribution in [-0.2, 0) is 14.8 Å². The molecule has 35 heavy (non-hydrogen) atoms. The van der Waals surface area contributed by atoms with Gasteiger partial charge < -0.3 is 14.7 Å². The lowest BCUT2D eigenvalue weighted by Gasteiger charge is -2.45. The molecule has 3 fully saturated rings. The second-order valence-corrected chi connectivity index (χ2v) is 12.5. The molecular formula is C26H35ClN4O3S. The van der Waals surface area contributed by atoms with E-state index in [4.69, 9.17) is 11.6 Å². The van der Waals surface area contributed by atoms with Crippen molar-refractivity contribution in [2.75, 3.05) is 39.8 Å². The van der Waals surface area contributed by atoms with E-state index in [1.165, 1.54) is 12.8 Å². The highest BCUT2D eigenvalue weighted by molar-refractivity contribution is 7.89. The van der Waals surface area contributed by atoms with E-state index in [-0.39, 0.29) is 16.8 Å². The van der Waals surface area contributed by atoms with Crippen LogP contribution in [0.4, 0.5) is 0 Å². The minimum Gasteiger partial charge on any atom is -0.338 e. The Morgan fingerprint density at radius 2 is 1.51 bits per heavy atom. The van der Waals surface area contributed by atoms with Crippen molar-refractivity contribution in [3.63, 3.8) is 0 Å². The average molecular weight is 519 g/mol. The lowest BCUT2D eigenvalue weighted by Crippen LogP contribution is -2.58. The van der Waals surface area contributed by atoms with Crippen molar-refractivity contribution in [3.8, 4) is 0 Å². The van der Waals surface area contributed by atoms with E-state index in [0.29, 0.717) is 24.0 Å². The Morgan fingerprint density at radius 1 is 0.857 bits per heavy atom. The number of rotatable bonds is 5. The molecule has 2 aromatic rings. The van der Waals surface area contributed by atoms with Gasteiger partial charge in [-0.1, -0.05) is 23.7 Å². The molecule has 2 aromatic carbocycles. The molecular weight excluding hydrogens is 484 g/mol. The summed E-state index contributed by atoms with van der Waals surface area (Å²) in [5.74, 6) is -0.0786. The Balaban J connectivity index is 1.22. The average Bonchev–Trinajstić information content (AvgIpc) is 2.85. The van der Waals surface area contributed by atoms with E-state index in [0.717, 1.165) is 56.2 Å². The van der Waals surface area contributed by atoms with E-state index < -0.39 is 16.1 Å². The van der Waals surface area contributed by atoms with Gasteiger partial charge in [0, 0.05) is 36.7 Å². The van der Waals surface area contributed by atoms with Crippen molar-refractivity contribution in [2.24, 2.45) is 0 Å². The monoisotopic (exact) mass is 518 g/mol. The van der Waals surface area contributed by atoms with Crippen molar-refractivity contribution in [3.05, 3.63) is 41.4 Å². The molecule has 1 amide bonds. The number of hydrogen-bond donors (Lipinski definition) is 1. The lowest BCUT2D eigenvalue weighted by molar-refractivity contribution is -0.139. The topological polar surface area (TPSA) is 73.0 Å². The maximum atomic E-state index is 13.4. The van der Waals surface area contributed by atoms with Gasteiger partial charge in [-0.2, -0.15) is 4.72 Å². The number of halogens is 1. The first-order valence-corrected chi connectivity index (χ1v) is 14.6. The minimum absolute atomic E-state index is 0.0786. The van der Waals surface area contributed by atoms with E-state index in [1.807, 2.05) is 11.0 Å². The van der Waals surface area contributed by atoms with Crippen LogP contribution in [0.25, 0.3) is 10.8 Å². The van der Waals surface area contributed by atoms with Crippen LogP contribution in [0.1, 0.15) is 38.5 Å². The maximum Gasteiger partial charge on any atom is 0.241 e. The Morgan fingerprint density at radius 3 is 2.26 bits per heavy atom. The molecule has 0 aliphatic carbocycles. The summed E-state index contributed by atoms with van der Waals surface area (Å²) >= 11 is 6.05. The molecule has 0 spiro atoms. The summed E-state index contributed by atoms with van der Waals surface area (Å²) in [5, 5.41) is 2.28. The molecule has 0 radical (unpaired) electrons. The van der Waals surface area contributed by atoms with Crippen LogP contribution in [0.5, 0.6) is 0 Å². The van der Waals surface area contributed by atoms with Gasteiger partial charge in [-0.25, -0.2) is 8.42 Å². The predicted octanol–water partition coefficient (Wildman–Crippen LogP) is 3.32. The molecule has 3 aliphatic heterocycles. The number of amides is 1. The first-order valence-electron chi connectivity index (χ1n) is 12.7. The third-order valence-corrected chi connectivity index (χ3v) is 9.70. The second kappa shape index (κ2) is 10.3. The largest absolute Gasteiger partial charge is 0.338 e. The number of fused-ring (bicyclic) bond motifs is 1. The summed E-state index contributed by atoms with van der Waals surface area (Å²) in [6, 6.07) is 10.5. The molecule has 9 heteroatoms. The molecule has 3 saturated heterocycles. The highest BCUT2D eigenvalue weighted by atomic mass is 35.5. The predicted molar refractivity (Wildman–Crippen MR) is 139 cm³/mol. The Kier molecular flexibility index (Phi) is 7.38. The molecule has 0 aromatic heterocycles. The van der Waals surface area contributed by atoms with Crippen LogP contribution in [-0.4, -0.2) is 86.9 Å². The lowest BCUT2D eigenvalue weighted by atomic mass is 9.95. The number of nitrogens with one attached hydrogen (secondary N) is 1. The van der Waals surface area contributed by atoms with Crippen molar-refractivity contribution in [1.29, 1.82) is 0 Å². The highest BCUT2D eigenvalue weighted by Gasteiger charge is 2.37. The van der Waals surface area contributed by atoms with Gasteiger partial charge in [-0.05, 0) is 93.7 Å². The van der Waals surface area contributed by atoms with Gasteiger partial charge in [0.1, 0.15) is 6.04 Å². The van der Waals surface area contributed by atoms with Crippen LogP contribution in [0.15, 0.2) is 41.3 Å². The molecule has 7 nitrogen and oxygen atoms in total. The van der Waals surface area contributed by atoms with Crippen molar-refractivity contribution >= 4 is 38.3 Å². The Labute approximate surface area is 213 Å². The molecule has 0 bridgehead atoms. The molecule has 0 unspecified atom stereocenters. The molecule has 1 atom stereocenters. The number of piperidine rings is 3. The molecule has 3 heterocycles. The van der Waals surface area contributed by atoms with E-state index in [1.54, 1.807) is 30.3 Å². The molecule has 1 N–H and O–H groups in total. The third-order valence-electron chi connectivity index (χ3n) is 8.00. The van der Waals surface area contributed by atoms with Crippen LogP contribution in [0, 0.1) is 0 Å². The number of carbonyl (C=O) groups is 1. The number of sulfonamides is 1. The van der Waals surface area contributed by atoms with E-state index >= 15 is 0 Å². The van der Waals surface area contributed by atoms with Gasteiger partial charge in [0.25, 0.3) is 0 Å². The van der Waals surface area contributed by atoms with Gasteiger partial charge in [0.05, 0.1) is 4.90 Å². The summed E-state index contributed by atoms with van der Waals surface area (Å²) in [6.45, 7) is 5.05. The SMILES string of the molecule is CN1CCC(N2CCC(N3CCC[C@H](NS(=O)(=O)c4ccc5cc(Cl)ccc5c4)C3=O)CC2)CC1. The summed E-state index contributed by atoms with van der Waals surface area (Å²) in [7, 11) is -1.63. The van der Waals surface area contributed by atoms with Gasteiger partial charge in [0.15, 0.2) is 0 Å². The van der Waals surface area contributed by atoms with E-state index in [9.17, 15) is 13.2 Å². The van der Waals surface area contributed by atoms with Crippen LogP contribution in [0.3, 0.4) is 0 Å². The van der Waals surface area contributed by atoms with Gasteiger partial charge in [-0.15, -0.1) is 0 Å². The zero-order chi connectivity index (χ0) is 24.6. The van der Waals surface area contributed by atoms with E-state index in [2.05, 4.69) is 21.6 Å². The first kappa shape index (κ1) is 25.0. The zero-order valence-electron chi connectivity index (χ0n) is 20.3. The van der Waals surface area contributed by atoms with Crippen molar-refractivity contribution in [1.82, 2.24) is 19.4 Å². The Hall–Kier alpha value is -1.71. The van der Waals surface area contributed by atoms with Gasteiger partial charge >= 0.3 is 0 Å². The smallest absolute Gasteiger partial charge is 0.241 e. The number of nitrogens with zero attached hydrogens (tertiary/aromatic N) is 3. The summed E-state index contributed by atoms with van der Waals surface area (Å²) < 4.78 is 29.0. The van der Waals surface area contributed by atoms with Crippen molar-refractivity contribution < 1.29 is 13.2 Å². The molecule has 5 rings (SSSR count). The molecule has 3 aliphatic rings. The van der Waals surface area contributed by atoms with Gasteiger partial charge in [-0.3, -0.25) is 4.79 Å². The first-order chi connectivity index (χ1) is 16.8. The van der Waals surface area contributed by atoms with Crippen LogP contribution in [0.2, 0.25) is 5.02 Å². The number of benzene rings is 2. The van der Waals surface area contributed by atoms with Crippen molar-refractivity contribution in [2.45, 2.75) is 61.5 Å². The quantitative estimate of drug-likeness (QED) is 0.657. The minimum atomic E-state index is -3.82. The number of likely N-dealkylation sites (tertiary alicyclic amines) is 3. The Bertz CT molecular complexity index is 1170. The fourth-order valence-corrected chi connectivity index (χ4v) is 7.35. The normalized spacial score (nSPS) is 24.3. The maximum absolute atomic E-state index is 13.4. The summed E-state index contributed by atoms with van der Waals surface area (Å²) in [5.41, 5.74) is 0. The summed E-state index contributed by atoms with van der Waals surface area (Å²) in [4.78, 5) is 20.5. The second-order valence-electron chi connectivity index (χ2n) is 10.3. The van der Waals surface area contributed by atoms with Crippen LogP contribution >= 0.6 is 11.6 Å². The molecule has 190 valence electrons. The molecule has 0 saturated carbocycles. The van der Waals surface area contributed by atoms with Gasteiger partial charge in [0.2, 0.25) is 15.9 Å².